The van der Waals surface area contributed by atoms with E-state index in [1.165, 1.54) is 5.56 Å². The molecule has 3 heterocycles. The van der Waals surface area contributed by atoms with Crippen molar-refractivity contribution in [1.82, 2.24) is 4.90 Å². The van der Waals surface area contributed by atoms with Crippen molar-refractivity contribution in [2.75, 3.05) is 27.3 Å². The lowest BCUT2D eigenvalue weighted by molar-refractivity contribution is -0.364. The molecule has 5 aliphatic rings. The number of hydrogen-bond donors (Lipinski definition) is 1. The van der Waals surface area contributed by atoms with Gasteiger partial charge in [0.2, 0.25) is 5.79 Å². The molecule has 1 aromatic carbocycles. The summed E-state index contributed by atoms with van der Waals surface area (Å²) in [5.41, 5.74) is 1.04. The van der Waals surface area contributed by atoms with E-state index in [2.05, 4.69) is 24.9 Å². The number of nitrogens with zero attached hydrogens (tertiary/aromatic N) is 1. The van der Waals surface area contributed by atoms with Gasteiger partial charge in [0, 0.05) is 18.0 Å². The summed E-state index contributed by atoms with van der Waals surface area (Å²) in [5, 5.41) is 12.3. The van der Waals surface area contributed by atoms with Crippen LogP contribution in [-0.2, 0) is 21.3 Å². The molecule has 3 fully saturated rings. The molecule has 0 radical (unpaired) electrons. The second-order valence-corrected chi connectivity index (χ2v) is 9.35. The average Bonchev–Trinajstić information content (AvgIpc) is 3.04. The summed E-state index contributed by atoms with van der Waals surface area (Å²) in [7, 11) is 3.81. The van der Waals surface area contributed by atoms with Crippen LogP contribution >= 0.6 is 0 Å². The van der Waals surface area contributed by atoms with Crippen molar-refractivity contribution < 1.29 is 24.1 Å². The Hall–Kier alpha value is -1.34. The molecule has 1 N–H and O–H groups in total. The fraction of sp³-hybridized carbons (Fsp3) is 0.727. The summed E-state index contributed by atoms with van der Waals surface area (Å²) < 4.78 is 25.2. The number of aliphatic hydroxyl groups is 1. The first-order valence-corrected chi connectivity index (χ1v) is 10.6. The number of likely N-dealkylation sites (tertiary alicyclic amines) is 1. The quantitative estimate of drug-likeness (QED) is 0.795. The van der Waals surface area contributed by atoms with E-state index in [0.29, 0.717) is 19.4 Å². The van der Waals surface area contributed by atoms with Crippen molar-refractivity contribution in [3.05, 3.63) is 23.3 Å². The number of fused-ring (bicyclic) bond motifs is 1. The number of hydrogen-bond acceptors (Lipinski definition) is 6. The molecule has 152 valence electrons. The van der Waals surface area contributed by atoms with Gasteiger partial charge in [0.1, 0.15) is 0 Å². The Kier molecular flexibility index (Phi) is 3.39. The van der Waals surface area contributed by atoms with E-state index in [0.717, 1.165) is 42.9 Å². The Morgan fingerprint density at radius 1 is 1.25 bits per heavy atom. The van der Waals surface area contributed by atoms with Crippen LogP contribution in [0.25, 0.3) is 0 Å². The minimum atomic E-state index is -0.853. The van der Waals surface area contributed by atoms with Crippen LogP contribution in [0.5, 0.6) is 11.5 Å². The van der Waals surface area contributed by atoms with Crippen molar-refractivity contribution in [3.63, 3.8) is 0 Å². The van der Waals surface area contributed by atoms with Crippen molar-refractivity contribution in [1.29, 1.82) is 0 Å². The first kappa shape index (κ1) is 17.5. The van der Waals surface area contributed by atoms with Gasteiger partial charge in [0.25, 0.3) is 0 Å². The Bertz CT molecular complexity index is 844. The predicted octanol–water partition coefficient (Wildman–Crippen LogP) is 2.00. The zero-order valence-corrected chi connectivity index (χ0v) is 16.9. The van der Waals surface area contributed by atoms with Gasteiger partial charge in [0.15, 0.2) is 17.6 Å². The van der Waals surface area contributed by atoms with E-state index in [-0.39, 0.29) is 18.2 Å². The summed E-state index contributed by atoms with van der Waals surface area (Å²) in [6.45, 7) is 3.70. The van der Waals surface area contributed by atoms with E-state index in [1.807, 2.05) is 6.07 Å². The van der Waals surface area contributed by atoms with Crippen LogP contribution < -0.4 is 9.47 Å². The Balaban J connectivity index is 1.62. The van der Waals surface area contributed by atoms with E-state index in [9.17, 15) is 5.11 Å². The Morgan fingerprint density at radius 3 is 2.89 bits per heavy atom. The molecule has 6 atom stereocenters. The number of rotatable bonds is 1. The molecule has 0 amide bonds. The van der Waals surface area contributed by atoms with E-state index < -0.39 is 16.8 Å². The number of ether oxygens (including phenoxy) is 4. The predicted molar refractivity (Wildman–Crippen MR) is 102 cm³/mol. The fourth-order valence-electron chi connectivity index (χ4n) is 6.96. The first-order chi connectivity index (χ1) is 13.5. The summed E-state index contributed by atoms with van der Waals surface area (Å²) in [6, 6.07) is 4.24. The van der Waals surface area contributed by atoms with Crippen molar-refractivity contribution in [3.8, 4) is 11.5 Å². The standard InChI is InChI=1S/C22H29NO5/c1-13-6-11-26-22(28-13)8-7-21(24)16-12-14-4-5-15(25-3)18-17(14)20(21,19(22)27-18)9-10-23(16)2/h4-5,13,16,19,24H,6-12H2,1-3H3/t13-,16-,19?,20+,21?,22-/m1/s1. The highest BCUT2D eigenvalue weighted by atomic mass is 16.7. The zero-order valence-electron chi connectivity index (χ0n) is 16.9. The topological polar surface area (TPSA) is 60.4 Å². The zero-order chi connectivity index (χ0) is 19.3. The molecule has 1 saturated carbocycles. The van der Waals surface area contributed by atoms with Gasteiger partial charge >= 0.3 is 0 Å². The Labute approximate surface area is 165 Å². The fourth-order valence-corrected chi connectivity index (χ4v) is 6.96. The van der Waals surface area contributed by atoms with Gasteiger partial charge in [-0.1, -0.05) is 6.07 Å². The minimum absolute atomic E-state index is 0.0811. The third-order valence-electron chi connectivity index (χ3n) is 8.21. The molecule has 6 nitrogen and oxygen atoms in total. The Morgan fingerprint density at radius 2 is 2.11 bits per heavy atom. The molecular weight excluding hydrogens is 358 g/mol. The molecule has 6 heteroatoms. The molecule has 2 spiro atoms. The van der Waals surface area contributed by atoms with E-state index in [4.69, 9.17) is 18.9 Å². The van der Waals surface area contributed by atoms with Crippen molar-refractivity contribution in [2.45, 2.75) is 74.1 Å². The summed E-state index contributed by atoms with van der Waals surface area (Å²) in [6.07, 6.45) is 3.62. The third-order valence-corrected chi connectivity index (χ3v) is 8.21. The highest BCUT2D eigenvalue weighted by Crippen LogP contribution is 2.67. The van der Waals surface area contributed by atoms with Crippen LogP contribution in [0.4, 0.5) is 0 Å². The van der Waals surface area contributed by atoms with Gasteiger partial charge in [0.05, 0.1) is 30.8 Å². The molecule has 2 unspecified atom stereocenters. The van der Waals surface area contributed by atoms with Gasteiger partial charge in [-0.2, -0.15) is 0 Å². The first-order valence-electron chi connectivity index (χ1n) is 10.6. The third kappa shape index (κ3) is 1.80. The minimum Gasteiger partial charge on any atom is -0.493 e. The molecule has 2 saturated heterocycles. The molecule has 1 aromatic rings. The monoisotopic (exact) mass is 387 g/mol. The number of methoxy groups -OCH3 is 1. The molecule has 6 rings (SSSR count). The second-order valence-electron chi connectivity index (χ2n) is 9.35. The maximum atomic E-state index is 12.3. The molecular formula is C22H29NO5. The SMILES string of the molecule is COc1ccc2c3c1OC1[C@]4(CCC5(O)[C@@H](C2)N(C)CC[C@]315)OCC[C@@H](C)O4. The van der Waals surface area contributed by atoms with Crippen LogP contribution in [0.3, 0.4) is 0 Å². The van der Waals surface area contributed by atoms with Crippen LogP contribution in [0.1, 0.15) is 43.7 Å². The normalized spacial score (nSPS) is 46.2. The maximum Gasteiger partial charge on any atom is 0.207 e. The number of benzene rings is 1. The molecule has 28 heavy (non-hydrogen) atoms. The van der Waals surface area contributed by atoms with Crippen molar-refractivity contribution in [2.24, 2.45) is 0 Å². The van der Waals surface area contributed by atoms with Crippen LogP contribution in [-0.4, -0.2) is 67.0 Å². The lowest BCUT2D eigenvalue weighted by atomic mass is 9.48. The van der Waals surface area contributed by atoms with Gasteiger partial charge in [-0.25, -0.2) is 0 Å². The van der Waals surface area contributed by atoms with Gasteiger partial charge in [-0.05, 0) is 57.8 Å². The highest BCUT2D eigenvalue weighted by molar-refractivity contribution is 5.63. The molecule has 2 aliphatic carbocycles. The van der Waals surface area contributed by atoms with E-state index in [1.54, 1.807) is 7.11 Å². The summed E-state index contributed by atoms with van der Waals surface area (Å²) in [4.78, 5) is 2.33. The maximum absolute atomic E-state index is 12.3. The van der Waals surface area contributed by atoms with E-state index >= 15 is 0 Å². The van der Waals surface area contributed by atoms with Crippen LogP contribution in [0.15, 0.2) is 12.1 Å². The van der Waals surface area contributed by atoms with Crippen LogP contribution in [0, 0.1) is 0 Å². The summed E-state index contributed by atoms with van der Waals surface area (Å²) in [5.74, 6) is 0.725. The lowest BCUT2D eigenvalue weighted by Crippen LogP contribution is -2.79. The van der Waals surface area contributed by atoms with Gasteiger partial charge in [-0.3, -0.25) is 0 Å². The van der Waals surface area contributed by atoms with Gasteiger partial charge in [-0.15, -0.1) is 0 Å². The second kappa shape index (κ2) is 5.42. The highest BCUT2D eigenvalue weighted by Gasteiger charge is 2.77. The number of piperidine rings is 1. The lowest BCUT2D eigenvalue weighted by Gasteiger charge is -2.65. The summed E-state index contributed by atoms with van der Waals surface area (Å²) >= 11 is 0. The van der Waals surface area contributed by atoms with Gasteiger partial charge < -0.3 is 29.0 Å². The largest absolute Gasteiger partial charge is 0.493 e. The van der Waals surface area contributed by atoms with Crippen LogP contribution in [0.2, 0.25) is 0 Å². The molecule has 3 aliphatic heterocycles. The average molecular weight is 387 g/mol. The van der Waals surface area contributed by atoms with Crippen molar-refractivity contribution >= 4 is 0 Å². The smallest absolute Gasteiger partial charge is 0.207 e. The number of likely N-dealkylation sites (N-methyl/N-ethyl adjacent to an activating group) is 1. The molecule has 2 bridgehead atoms. The molecule has 0 aromatic heterocycles.